The summed E-state index contributed by atoms with van der Waals surface area (Å²) in [5, 5.41) is 2.91. The summed E-state index contributed by atoms with van der Waals surface area (Å²) < 4.78 is 5.96. The molecule has 1 aliphatic heterocycles. The van der Waals surface area contributed by atoms with Crippen molar-refractivity contribution in [3.05, 3.63) is 83.9 Å². The summed E-state index contributed by atoms with van der Waals surface area (Å²) in [4.78, 5) is 26.7. The monoisotopic (exact) mass is 400 g/mol. The lowest BCUT2D eigenvalue weighted by atomic mass is 10.1. The molecule has 1 fully saturated rings. The Balaban J connectivity index is 1.38. The molecule has 30 heavy (non-hydrogen) atoms. The molecule has 0 aromatic heterocycles. The number of carbonyl (C=O) groups excluding carboxylic acids is 2. The van der Waals surface area contributed by atoms with E-state index in [9.17, 15) is 9.59 Å². The van der Waals surface area contributed by atoms with E-state index < -0.39 is 0 Å². The van der Waals surface area contributed by atoms with Gasteiger partial charge in [-0.2, -0.15) is 0 Å². The van der Waals surface area contributed by atoms with E-state index in [1.54, 1.807) is 4.90 Å². The Morgan fingerprint density at radius 3 is 2.43 bits per heavy atom. The van der Waals surface area contributed by atoms with E-state index in [4.69, 9.17) is 4.74 Å². The first-order valence-corrected chi connectivity index (χ1v) is 10.0. The minimum atomic E-state index is -0.372. The van der Waals surface area contributed by atoms with E-state index in [0.29, 0.717) is 18.0 Å². The van der Waals surface area contributed by atoms with Gasteiger partial charge in [0.2, 0.25) is 11.8 Å². The van der Waals surface area contributed by atoms with Crippen LogP contribution in [-0.4, -0.2) is 18.4 Å². The van der Waals surface area contributed by atoms with Crippen molar-refractivity contribution in [1.29, 1.82) is 0 Å². The Labute approximate surface area is 176 Å². The molecule has 0 aliphatic carbocycles. The Hall–Kier alpha value is -3.60. The number of nitrogens with zero attached hydrogens (tertiary/aromatic N) is 1. The average molecular weight is 400 g/mol. The van der Waals surface area contributed by atoms with E-state index in [-0.39, 0.29) is 24.2 Å². The molecule has 4 rings (SSSR count). The zero-order chi connectivity index (χ0) is 21.1. The molecule has 5 heteroatoms. The lowest BCUT2D eigenvalue weighted by molar-refractivity contribution is -0.122. The number of hydrogen-bond donors (Lipinski definition) is 1. The zero-order valence-corrected chi connectivity index (χ0v) is 17.1. The SMILES string of the molecule is Cc1cccc(Oc2ccc(NC(=O)[C@H]3CC(=O)N(c4ccccc4)C3)cc2)c1C. The van der Waals surface area contributed by atoms with E-state index in [2.05, 4.69) is 5.32 Å². The van der Waals surface area contributed by atoms with E-state index in [1.165, 1.54) is 5.56 Å². The number of rotatable bonds is 5. The molecule has 0 spiro atoms. The third-order valence-corrected chi connectivity index (χ3v) is 5.47. The van der Waals surface area contributed by atoms with Gasteiger partial charge in [-0.3, -0.25) is 9.59 Å². The average Bonchev–Trinajstić information content (AvgIpc) is 3.15. The van der Waals surface area contributed by atoms with Crippen LogP contribution in [0.1, 0.15) is 17.5 Å². The van der Waals surface area contributed by atoms with E-state index in [1.807, 2.05) is 86.6 Å². The topological polar surface area (TPSA) is 58.6 Å². The first kappa shape index (κ1) is 19.7. The Kier molecular flexibility index (Phi) is 5.53. The van der Waals surface area contributed by atoms with Crippen LogP contribution in [0.15, 0.2) is 72.8 Å². The number of nitrogens with one attached hydrogen (secondary N) is 1. The van der Waals surface area contributed by atoms with Crippen LogP contribution in [0, 0.1) is 19.8 Å². The van der Waals surface area contributed by atoms with Crippen LogP contribution in [0.3, 0.4) is 0 Å². The first-order chi connectivity index (χ1) is 14.5. The molecule has 0 unspecified atom stereocenters. The second kappa shape index (κ2) is 8.41. The van der Waals surface area contributed by atoms with Crippen molar-refractivity contribution in [3.63, 3.8) is 0 Å². The molecule has 1 heterocycles. The van der Waals surface area contributed by atoms with E-state index in [0.717, 1.165) is 17.0 Å². The Morgan fingerprint density at radius 2 is 1.70 bits per heavy atom. The van der Waals surface area contributed by atoms with Crippen molar-refractivity contribution in [2.24, 2.45) is 5.92 Å². The van der Waals surface area contributed by atoms with Gasteiger partial charge in [0.1, 0.15) is 11.5 Å². The predicted octanol–water partition coefficient (Wildman–Crippen LogP) is 5.09. The summed E-state index contributed by atoms with van der Waals surface area (Å²) in [5.41, 5.74) is 3.78. The summed E-state index contributed by atoms with van der Waals surface area (Å²) >= 11 is 0. The van der Waals surface area contributed by atoms with Gasteiger partial charge >= 0.3 is 0 Å². The third kappa shape index (κ3) is 4.20. The first-order valence-electron chi connectivity index (χ1n) is 10.0. The fraction of sp³-hybridized carbons (Fsp3) is 0.200. The zero-order valence-electron chi connectivity index (χ0n) is 17.1. The number of carbonyl (C=O) groups is 2. The number of anilines is 2. The number of aryl methyl sites for hydroxylation is 1. The quantitative estimate of drug-likeness (QED) is 0.649. The van der Waals surface area contributed by atoms with E-state index >= 15 is 0 Å². The van der Waals surface area contributed by atoms with Gasteiger partial charge in [-0.25, -0.2) is 0 Å². The molecule has 0 saturated carbocycles. The maximum absolute atomic E-state index is 12.7. The van der Waals surface area contributed by atoms with Gasteiger partial charge in [-0.15, -0.1) is 0 Å². The molecule has 1 atom stereocenters. The molecule has 0 bridgehead atoms. The summed E-state index contributed by atoms with van der Waals surface area (Å²) in [6.07, 6.45) is 0.217. The highest BCUT2D eigenvalue weighted by Gasteiger charge is 2.35. The van der Waals surface area contributed by atoms with Crippen molar-refractivity contribution in [2.75, 3.05) is 16.8 Å². The Morgan fingerprint density at radius 1 is 0.967 bits per heavy atom. The van der Waals surface area contributed by atoms with Gasteiger partial charge in [0.25, 0.3) is 0 Å². The van der Waals surface area contributed by atoms with Crippen LogP contribution in [0.5, 0.6) is 11.5 Å². The summed E-state index contributed by atoms with van der Waals surface area (Å²) in [7, 11) is 0. The van der Waals surface area contributed by atoms with Gasteiger partial charge in [0.15, 0.2) is 0 Å². The molecule has 3 aromatic carbocycles. The molecule has 1 saturated heterocycles. The molecular formula is C25H24N2O3. The second-order valence-electron chi connectivity index (χ2n) is 7.55. The molecule has 152 valence electrons. The lowest BCUT2D eigenvalue weighted by Crippen LogP contribution is -2.28. The molecule has 1 aliphatic rings. The number of para-hydroxylation sites is 1. The maximum atomic E-state index is 12.7. The molecule has 3 aromatic rings. The fourth-order valence-electron chi connectivity index (χ4n) is 3.55. The molecular weight excluding hydrogens is 376 g/mol. The standard InChI is InChI=1S/C25H24N2O3/c1-17-7-6-10-23(18(17)2)30-22-13-11-20(12-14-22)26-25(29)19-15-24(28)27(16-19)21-8-4-3-5-9-21/h3-14,19H,15-16H2,1-2H3,(H,26,29)/t19-/m0/s1. The Bertz CT molecular complexity index is 1060. The number of ether oxygens (including phenoxy) is 1. The van der Waals surface area contributed by atoms with Crippen molar-refractivity contribution < 1.29 is 14.3 Å². The molecule has 0 radical (unpaired) electrons. The molecule has 1 N–H and O–H groups in total. The normalized spacial score (nSPS) is 15.9. The fourth-order valence-corrected chi connectivity index (χ4v) is 3.55. The summed E-state index contributed by atoms with van der Waals surface area (Å²) in [6, 6.07) is 22.7. The highest BCUT2D eigenvalue weighted by Crippen LogP contribution is 2.29. The number of hydrogen-bond acceptors (Lipinski definition) is 3. The van der Waals surface area contributed by atoms with Gasteiger partial charge in [0, 0.05) is 24.3 Å². The predicted molar refractivity (Wildman–Crippen MR) is 118 cm³/mol. The molecule has 2 amide bonds. The van der Waals surface area contributed by atoms with Crippen LogP contribution >= 0.6 is 0 Å². The van der Waals surface area contributed by atoms with Crippen LogP contribution in [0.25, 0.3) is 0 Å². The molecule has 5 nitrogen and oxygen atoms in total. The lowest BCUT2D eigenvalue weighted by Gasteiger charge is -2.16. The maximum Gasteiger partial charge on any atom is 0.229 e. The summed E-state index contributed by atoms with van der Waals surface area (Å²) in [5.74, 6) is 0.970. The van der Waals surface area contributed by atoms with Crippen LogP contribution < -0.4 is 15.0 Å². The second-order valence-corrected chi connectivity index (χ2v) is 7.55. The number of benzene rings is 3. The van der Waals surface area contributed by atoms with Crippen molar-refractivity contribution >= 4 is 23.2 Å². The largest absolute Gasteiger partial charge is 0.457 e. The van der Waals surface area contributed by atoms with Gasteiger partial charge in [-0.05, 0) is 67.4 Å². The highest BCUT2D eigenvalue weighted by atomic mass is 16.5. The third-order valence-electron chi connectivity index (χ3n) is 5.47. The highest BCUT2D eigenvalue weighted by molar-refractivity contribution is 6.03. The number of amides is 2. The van der Waals surface area contributed by atoms with Gasteiger partial charge in [-0.1, -0.05) is 30.3 Å². The van der Waals surface area contributed by atoms with Crippen molar-refractivity contribution in [3.8, 4) is 11.5 Å². The van der Waals surface area contributed by atoms with Crippen molar-refractivity contribution in [2.45, 2.75) is 20.3 Å². The van der Waals surface area contributed by atoms with Crippen molar-refractivity contribution in [1.82, 2.24) is 0 Å². The minimum absolute atomic E-state index is 0.0291. The van der Waals surface area contributed by atoms with Gasteiger partial charge < -0.3 is 15.0 Å². The smallest absolute Gasteiger partial charge is 0.229 e. The summed E-state index contributed by atoms with van der Waals surface area (Å²) in [6.45, 7) is 4.47. The minimum Gasteiger partial charge on any atom is -0.457 e. The van der Waals surface area contributed by atoms with Gasteiger partial charge in [0.05, 0.1) is 5.92 Å². The van der Waals surface area contributed by atoms with Crippen LogP contribution in [0.4, 0.5) is 11.4 Å². The van der Waals surface area contributed by atoms with Crippen LogP contribution in [0.2, 0.25) is 0 Å². The van der Waals surface area contributed by atoms with Crippen LogP contribution in [-0.2, 0) is 9.59 Å².